The van der Waals surface area contributed by atoms with E-state index in [1.807, 2.05) is 0 Å². The first kappa shape index (κ1) is 17.0. The summed E-state index contributed by atoms with van der Waals surface area (Å²) in [5.74, 6) is -0.114. The Balaban J connectivity index is 2.07. The van der Waals surface area contributed by atoms with E-state index in [2.05, 4.69) is 5.32 Å². The number of furan rings is 1. The molecule has 0 bridgehead atoms. The molecule has 0 aliphatic heterocycles. The van der Waals surface area contributed by atoms with E-state index in [0.29, 0.717) is 5.76 Å². The molecule has 0 aliphatic rings. The van der Waals surface area contributed by atoms with Crippen molar-refractivity contribution < 1.29 is 19.2 Å². The average Bonchev–Trinajstić information content (AvgIpc) is 2.96. The van der Waals surface area contributed by atoms with Crippen LogP contribution in [-0.2, 0) is 6.42 Å². The van der Waals surface area contributed by atoms with Gasteiger partial charge < -0.3 is 14.8 Å². The molecule has 0 saturated carbocycles. The monoisotopic (exact) mass is 338 g/mol. The maximum atomic E-state index is 12.2. The third kappa shape index (κ3) is 4.54. The highest BCUT2D eigenvalue weighted by Gasteiger charge is 2.26. The van der Waals surface area contributed by atoms with Crippen molar-refractivity contribution in [3.63, 3.8) is 0 Å². The molecule has 0 aliphatic carbocycles. The topological polar surface area (TPSA) is 106 Å². The molecule has 0 saturated heterocycles. The number of carbonyl (C=O) groups is 1. The van der Waals surface area contributed by atoms with E-state index in [9.17, 15) is 20.0 Å². The number of amides is 1. The lowest BCUT2D eigenvalue weighted by Gasteiger charge is -2.22. The summed E-state index contributed by atoms with van der Waals surface area (Å²) in [6.45, 7) is 1.43. The molecule has 2 N–H and O–H groups in total. The SMILES string of the molecule is CC(O)(CNC(=O)c1cc(Cl)ccc1[N+](=O)[O-])Cc1ccco1. The maximum Gasteiger partial charge on any atom is 0.282 e. The molecule has 2 rings (SSSR count). The summed E-state index contributed by atoms with van der Waals surface area (Å²) in [4.78, 5) is 22.5. The number of benzene rings is 1. The van der Waals surface area contributed by atoms with E-state index in [1.54, 1.807) is 12.1 Å². The van der Waals surface area contributed by atoms with Crippen LogP contribution in [0.3, 0.4) is 0 Å². The second-order valence-corrected chi connectivity index (χ2v) is 5.79. The van der Waals surface area contributed by atoms with Crippen molar-refractivity contribution in [3.05, 3.63) is 63.1 Å². The summed E-state index contributed by atoms with van der Waals surface area (Å²) in [5.41, 5.74) is -1.77. The van der Waals surface area contributed by atoms with E-state index in [0.717, 1.165) is 6.07 Å². The zero-order valence-corrected chi connectivity index (χ0v) is 13.0. The Morgan fingerprint density at radius 2 is 2.22 bits per heavy atom. The fourth-order valence-electron chi connectivity index (χ4n) is 2.07. The molecule has 2 aromatic rings. The van der Waals surface area contributed by atoms with Crippen molar-refractivity contribution in [2.75, 3.05) is 6.54 Å². The van der Waals surface area contributed by atoms with Crippen molar-refractivity contribution >= 4 is 23.2 Å². The Bertz CT molecular complexity index is 713. The number of nitrogens with one attached hydrogen (secondary N) is 1. The minimum absolute atomic E-state index is 0.101. The number of nitrogens with zero attached hydrogens (tertiary/aromatic N) is 1. The van der Waals surface area contributed by atoms with Crippen molar-refractivity contribution in [2.45, 2.75) is 18.9 Å². The molecule has 8 heteroatoms. The first-order valence-electron chi connectivity index (χ1n) is 6.75. The van der Waals surface area contributed by atoms with Crippen molar-refractivity contribution in [1.82, 2.24) is 5.32 Å². The fraction of sp³-hybridized carbons (Fsp3) is 0.267. The third-order valence-corrected chi connectivity index (χ3v) is 3.40. The third-order valence-electron chi connectivity index (χ3n) is 3.16. The number of carbonyl (C=O) groups excluding carboxylic acids is 1. The standard InChI is InChI=1S/C15H15ClN2O5/c1-15(20,8-11-3-2-6-23-11)9-17-14(19)12-7-10(16)4-5-13(12)18(21)22/h2-7,20H,8-9H2,1H3,(H,17,19). The van der Waals surface area contributed by atoms with Gasteiger partial charge in [-0.05, 0) is 31.2 Å². The van der Waals surface area contributed by atoms with Crippen LogP contribution >= 0.6 is 11.6 Å². The van der Waals surface area contributed by atoms with Crippen LogP contribution in [0.2, 0.25) is 5.02 Å². The van der Waals surface area contributed by atoms with Gasteiger partial charge in [-0.25, -0.2) is 0 Å². The van der Waals surface area contributed by atoms with E-state index in [4.69, 9.17) is 16.0 Å². The quantitative estimate of drug-likeness (QED) is 0.622. The molecule has 1 unspecified atom stereocenters. The van der Waals surface area contributed by atoms with Crippen LogP contribution in [0.25, 0.3) is 0 Å². The average molecular weight is 339 g/mol. The Morgan fingerprint density at radius 1 is 1.48 bits per heavy atom. The number of nitro groups is 1. The molecule has 1 atom stereocenters. The second-order valence-electron chi connectivity index (χ2n) is 5.35. The Labute approximate surface area is 137 Å². The second kappa shape index (κ2) is 6.80. The highest BCUT2D eigenvalue weighted by Crippen LogP contribution is 2.23. The lowest BCUT2D eigenvalue weighted by atomic mass is 10.0. The molecular formula is C15H15ClN2O5. The van der Waals surface area contributed by atoms with Crippen molar-refractivity contribution in [2.24, 2.45) is 0 Å². The number of rotatable bonds is 6. The summed E-state index contributed by atoms with van der Waals surface area (Å²) in [7, 11) is 0. The molecule has 0 radical (unpaired) electrons. The first-order valence-corrected chi connectivity index (χ1v) is 7.13. The zero-order chi connectivity index (χ0) is 17.0. The molecule has 1 amide bonds. The number of aliphatic hydroxyl groups is 1. The summed E-state index contributed by atoms with van der Waals surface area (Å²) in [5, 5.41) is 23.9. The largest absolute Gasteiger partial charge is 0.469 e. The van der Waals surface area contributed by atoms with Gasteiger partial charge in [0.1, 0.15) is 11.3 Å². The van der Waals surface area contributed by atoms with Crippen molar-refractivity contribution in [3.8, 4) is 0 Å². The molecule has 1 heterocycles. The normalized spacial score (nSPS) is 13.3. The van der Waals surface area contributed by atoms with Crippen molar-refractivity contribution in [1.29, 1.82) is 0 Å². The van der Waals surface area contributed by atoms with Crippen LogP contribution in [0, 0.1) is 10.1 Å². The summed E-state index contributed by atoms with van der Waals surface area (Å²) >= 11 is 5.79. The van der Waals surface area contributed by atoms with Gasteiger partial charge in [0, 0.05) is 24.1 Å². The van der Waals surface area contributed by atoms with Gasteiger partial charge in [0.15, 0.2) is 0 Å². The zero-order valence-electron chi connectivity index (χ0n) is 12.3. The molecule has 0 spiro atoms. The molecule has 1 aromatic carbocycles. The van der Waals surface area contributed by atoms with Crippen LogP contribution in [0.15, 0.2) is 41.0 Å². The minimum Gasteiger partial charge on any atom is -0.469 e. The molecule has 0 fully saturated rings. The predicted octanol–water partition coefficient (Wildman–Crippen LogP) is 2.56. The molecule has 7 nitrogen and oxygen atoms in total. The fourth-order valence-corrected chi connectivity index (χ4v) is 2.24. The smallest absolute Gasteiger partial charge is 0.282 e. The highest BCUT2D eigenvalue weighted by molar-refractivity contribution is 6.31. The Kier molecular flexibility index (Phi) is 5.02. The van der Waals surface area contributed by atoms with Crippen LogP contribution in [0.4, 0.5) is 5.69 Å². The van der Waals surface area contributed by atoms with Gasteiger partial charge in [-0.15, -0.1) is 0 Å². The number of hydrogen-bond donors (Lipinski definition) is 2. The lowest BCUT2D eigenvalue weighted by Crippen LogP contribution is -2.42. The summed E-state index contributed by atoms with van der Waals surface area (Å²) in [6, 6.07) is 7.12. The van der Waals surface area contributed by atoms with Gasteiger partial charge in [0.25, 0.3) is 11.6 Å². The Hall–Kier alpha value is -2.38. The van der Waals surface area contributed by atoms with Gasteiger partial charge in [-0.2, -0.15) is 0 Å². The summed E-state index contributed by atoms with van der Waals surface area (Å²) < 4.78 is 5.15. The van der Waals surface area contributed by atoms with Crippen LogP contribution in [0.5, 0.6) is 0 Å². The van der Waals surface area contributed by atoms with Gasteiger partial charge in [-0.1, -0.05) is 11.6 Å². The minimum atomic E-state index is -1.26. The predicted molar refractivity (Wildman–Crippen MR) is 83.5 cm³/mol. The van der Waals surface area contributed by atoms with Gasteiger partial charge in [0.2, 0.25) is 0 Å². The molecule has 122 valence electrons. The van der Waals surface area contributed by atoms with Gasteiger partial charge in [0.05, 0.1) is 16.8 Å². The van der Waals surface area contributed by atoms with Crippen LogP contribution in [0.1, 0.15) is 23.0 Å². The van der Waals surface area contributed by atoms with Crippen LogP contribution in [-0.4, -0.2) is 28.1 Å². The van der Waals surface area contributed by atoms with Crippen LogP contribution < -0.4 is 5.32 Å². The highest BCUT2D eigenvalue weighted by atomic mass is 35.5. The molecule has 1 aromatic heterocycles. The van der Waals surface area contributed by atoms with E-state index in [-0.39, 0.29) is 29.2 Å². The molecular weight excluding hydrogens is 324 g/mol. The van der Waals surface area contributed by atoms with E-state index >= 15 is 0 Å². The number of hydrogen-bond acceptors (Lipinski definition) is 5. The molecule has 23 heavy (non-hydrogen) atoms. The van der Waals surface area contributed by atoms with Gasteiger partial charge in [-0.3, -0.25) is 14.9 Å². The summed E-state index contributed by atoms with van der Waals surface area (Å²) in [6.07, 6.45) is 1.68. The maximum absolute atomic E-state index is 12.2. The van der Waals surface area contributed by atoms with E-state index < -0.39 is 16.4 Å². The number of halogens is 1. The Morgan fingerprint density at radius 3 is 2.83 bits per heavy atom. The number of nitro benzene ring substituents is 1. The van der Waals surface area contributed by atoms with Gasteiger partial charge >= 0.3 is 0 Å². The van der Waals surface area contributed by atoms with E-state index in [1.165, 1.54) is 25.3 Å². The lowest BCUT2D eigenvalue weighted by molar-refractivity contribution is -0.385. The first-order chi connectivity index (χ1) is 10.8.